The van der Waals surface area contributed by atoms with Gasteiger partial charge in [-0.25, -0.2) is 4.21 Å². The van der Waals surface area contributed by atoms with Crippen LogP contribution in [-0.4, -0.2) is 16.1 Å². The van der Waals surface area contributed by atoms with Gasteiger partial charge in [-0.2, -0.15) is 0 Å². The summed E-state index contributed by atoms with van der Waals surface area (Å²) < 4.78 is 32.4. The second kappa shape index (κ2) is 7.93. The third-order valence-electron chi connectivity index (χ3n) is 5.65. The van der Waals surface area contributed by atoms with Crippen molar-refractivity contribution >= 4 is 38.4 Å². The van der Waals surface area contributed by atoms with Gasteiger partial charge in [-0.3, -0.25) is 4.79 Å². The molecular weight excluding hydrogens is 454 g/mol. The maximum Gasteiger partial charge on any atom is 0.235 e. The third kappa shape index (κ3) is 3.45. The summed E-state index contributed by atoms with van der Waals surface area (Å²) in [5, 5.41) is 12.8. The lowest BCUT2D eigenvalue weighted by Crippen LogP contribution is -2.07. The Morgan fingerprint density at radius 2 is 1.68 bits per heavy atom. The number of ether oxygens (including phenoxy) is 2. The van der Waals surface area contributed by atoms with Crippen LogP contribution in [0.2, 0.25) is 0 Å². The van der Waals surface area contributed by atoms with Gasteiger partial charge < -0.3 is 23.7 Å². The van der Waals surface area contributed by atoms with E-state index in [0.717, 1.165) is 10.8 Å². The van der Waals surface area contributed by atoms with Crippen LogP contribution >= 0.6 is 0 Å². The highest BCUT2D eigenvalue weighted by Gasteiger charge is 2.20. The highest BCUT2D eigenvalue weighted by Crippen LogP contribution is 2.38. The first-order valence-electron chi connectivity index (χ1n) is 10.4. The fraction of sp³-hybridized carbons (Fsp3) is 0.0385. The lowest BCUT2D eigenvalue weighted by Gasteiger charge is -2.10. The normalized spacial score (nSPS) is 13.3. The molecule has 0 aliphatic carbocycles. The molecule has 0 saturated carbocycles. The number of benzene rings is 4. The molecule has 0 saturated heterocycles. The molecule has 1 aliphatic rings. The molecular formula is C26H17NO6S. The second-order valence-corrected chi connectivity index (χ2v) is 8.98. The molecule has 4 aromatic carbocycles. The summed E-state index contributed by atoms with van der Waals surface area (Å²) in [6.45, 7) is 0.114. The van der Waals surface area contributed by atoms with Crippen molar-refractivity contribution in [3.05, 3.63) is 89.1 Å². The number of hydrogen-bond acceptors (Lipinski definition) is 6. The minimum atomic E-state index is -1.55. The maximum atomic E-state index is 12.9. The van der Waals surface area contributed by atoms with E-state index >= 15 is 0 Å². The molecule has 1 unspecified atom stereocenters. The molecule has 1 aliphatic heterocycles. The molecule has 1 atom stereocenters. The van der Waals surface area contributed by atoms with Crippen molar-refractivity contribution in [1.82, 2.24) is 0 Å². The fourth-order valence-corrected chi connectivity index (χ4v) is 4.82. The number of fused-ring (bicyclic) bond motifs is 3. The number of aromatic hydroxyl groups is 1. The van der Waals surface area contributed by atoms with Gasteiger partial charge in [0, 0.05) is 11.3 Å². The van der Waals surface area contributed by atoms with Crippen LogP contribution in [0.3, 0.4) is 0 Å². The van der Waals surface area contributed by atoms with Gasteiger partial charge in [0.15, 0.2) is 17.3 Å². The van der Waals surface area contributed by atoms with Crippen LogP contribution in [0.5, 0.6) is 17.2 Å². The Morgan fingerprint density at radius 1 is 0.853 bits per heavy atom. The smallest absolute Gasteiger partial charge is 0.235 e. The average molecular weight is 471 g/mol. The van der Waals surface area contributed by atoms with E-state index in [1.54, 1.807) is 36.4 Å². The summed E-state index contributed by atoms with van der Waals surface area (Å²) in [5.74, 6) is 0.618. The predicted octanol–water partition coefficient (Wildman–Crippen LogP) is 5.18. The summed E-state index contributed by atoms with van der Waals surface area (Å²) in [4.78, 5) is 13.5. The monoisotopic (exact) mass is 471 g/mol. The highest BCUT2D eigenvalue weighted by molar-refractivity contribution is 7.86. The average Bonchev–Trinajstić information content (AvgIpc) is 3.34. The molecule has 1 aromatic heterocycles. The van der Waals surface area contributed by atoms with E-state index in [2.05, 4.69) is 4.72 Å². The van der Waals surface area contributed by atoms with Crippen LogP contribution in [0.25, 0.3) is 33.1 Å². The molecule has 2 N–H and O–H groups in total. The van der Waals surface area contributed by atoms with Crippen LogP contribution in [-0.2, 0) is 11.0 Å². The zero-order valence-corrected chi connectivity index (χ0v) is 18.4. The van der Waals surface area contributed by atoms with E-state index in [9.17, 15) is 14.1 Å². The largest absolute Gasteiger partial charge is 0.502 e. The topological polar surface area (TPSA) is 98.0 Å². The molecule has 0 bridgehead atoms. The van der Waals surface area contributed by atoms with Crippen molar-refractivity contribution < 1.29 is 23.2 Å². The molecule has 34 heavy (non-hydrogen) atoms. The number of anilines is 1. The van der Waals surface area contributed by atoms with Crippen molar-refractivity contribution in [1.29, 1.82) is 0 Å². The summed E-state index contributed by atoms with van der Waals surface area (Å²) >= 11 is 0. The first-order valence-corrected chi connectivity index (χ1v) is 11.6. The molecule has 0 fully saturated rings. The summed E-state index contributed by atoms with van der Waals surface area (Å²) in [7, 11) is -1.55. The van der Waals surface area contributed by atoms with E-state index in [1.807, 2.05) is 36.4 Å². The Hall–Kier alpha value is -4.30. The van der Waals surface area contributed by atoms with Crippen LogP contribution in [0.15, 0.2) is 93.0 Å². The molecule has 5 aromatic rings. The van der Waals surface area contributed by atoms with Crippen molar-refractivity contribution in [2.24, 2.45) is 0 Å². The summed E-state index contributed by atoms with van der Waals surface area (Å²) in [5.41, 5.74) is 0.647. The van der Waals surface area contributed by atoms with Gasteiger partial charge in [-0.05, 0) is 59.3 Å². The van der Waals surface area contributed by atoms with Gasteiger partial charge in [-0.15, -0.1) is 0 Å². The molecule has 168 valence electrons. The minimum absolute atomic E-state index is 0.0382. The van der Waals surface area contributed by atoms with Gasteiger partial charge >= 0.3 is 0 Å². The Kier molecular flexibility index (Phi) is 4.74. The number of hydrogen-bond donors (Lipinski definition) is 2. The van der Waals surface area contributed by atoms with Gasteiger partial charge in [0.25, 0.3) is 0 Å². The molecule has 0 radical (unpaired) electrons. The van der Waals surface area contributed by atoms with Gasteiger partial charge in [0.2, 0.25) is 18.0 Å². The van der Waals surface area contributed by atoms with E-state index in [0.29, 0.717) is 27.6 Å². The lowest BCUT2D eigenvalue weighted by molar-refractivity contribution is 0.174. The summed E-state index contributed by atoms with van der Waals surface area (Å²) in [6.07, 6.45) is 0. The van der Waals surface area contributed by atoms with Crippen LogP contribution in [0.4, 0.5) is 5.69 Å². The second-order valence-electron chi connectivity index (χ2n) is 7.77. The summed E-state index contributed by atoms with van der Waals surface area (Å²) in [6, 6.07) is 23.2. The van der Waals surface area contributed by atoms with Crippen molar-refractivity contribution in [2.75, 3.05) is 11.5 Å². The zero-order valence-electron chi connectivity index (χ0n) is 17.6. The maximum absolute atomic E-state index is 12.9. The molecule has 0 spiro atoms. The molecule has 6 rings (SSSR count). The van der Waals surface area contributed by atoms with E-state index in [4.69, 9.17) is 13.9 Å². The number of nitrogens with one attached hydrogen (secondary N) is 1. The molecule has 8 heteroatoms. The van der Waals surface area contributed by atoms with Gasteiger partial charge in [0.1, 0.15) is 16.6 Å². The van der Waals surface area contributed by atoms with Crippen LogP contribution < -0.4 is 19.6 Å². The quantitative estimate of drug-likeness (QED) is 0.375. The molecule has 7 nitrogen and oxygen atoms in total. The highest BCUT2D eigenvalue weighted by atomic mass is 32.2. The van der Waals surface area contributed by atoms with Crippen molar-refractivity contribution in [3.63, 3.8) is 0 Å². The molecule has 0 amide bonds. The van der Waals surface area contributed by atoms with Gasteiger partial charge in [-0.1, -0.05) is 30.3 Å². The Balaban J connectivity index is 1.34. The first-order chi connectivity index (χ1) is 16.6. The predicted molar refractivity (Wildman–Crippen MR) is 130 cm³/mol. The van der Waals surface area contributed by atoms with Gasteiger partial charge in [0.05, 0.1) is 10.3 Å². The first kappa shape index (κ1) is 20.3. The van der Waals surface area contributed by atoms with Crippen LogP contribution in [0, 0.1) is 0 Å². The van der Waals surface area contributed by atoms with Crippen molar-refractivity contribution in [2.45, 2.75) is 4.90 Å². The SMILES string of the molecule is O=c1c(O)c(-c2ccc3c(c2)OCO3)oc2ccc(NS(=O)c3ccc4ccccc4c3)cc12. The van der Waals surface area contributed by atoms with E-state index in [1.165, 1.54) is 6.07 Å². The van der Waals surface area contributed by atoms with Crippen molar-refractivity contribution in [3.8, 4) is 28.6 Å². The Bertz CT molecular complexity index is 1680. The number of rotatable bonds is 4. The minimum Gasteiger partial charge on any atom is -0.502 e. The standard InChI is InChI=1S/C26H17NO6S/c28-24-20-13-18(27-34(30)19-8-5-15-3-1-2-4-16(15)11-19)7-10-21(20)33-26(25(24)29)17-6-9-22-23(12-17)32-14-31-22/h1-13,27,29H,14H2. The fourth-order valence-electron chi connectivity index (χ4n) is 3.93. The van der Waals surface area contributed by atoms with E-state index in [-0.39, 0.29) is 23.5 Å². The third-order valence-corrected chi connectivity index (χ3v) is 6.75. The Morgan fingerprint density at radius 3 is 2.56 bits per heavy atom. The molecule has 2 heterocycles. The Labute approximate surface area is 195 Å². The lowest BCUT2D eigenvalue weighted by atomic mass is 10.1. The van der Waals surface area contributed by atoms with E-state index < -0.39 is 22.2 Å². The van der Waals surface area contributed by atoms with Crippen LogP contribution in [0.1, 0.15) is 0 Å². The zero-order chi connectivity index (χ0) is 23.2.